The van der Waals surface area contributed by atoms with Crippen molar-refractivity contribution in [2.24, 2.45) is 5.92 Å². The second-order valence-electron chi connectivity index (χ2n) is 4.31. The lowest BCUT2D eigenvalue weighted by molar-refractivity contribution is -0.137. The molecule has 3 heteroatoms. The van der Waals surface area contributed by atoms with Crippen LogP contribution in [0.1, 0.15) is 39.5 Å². The van der Waals surface area contributed by atoms with E-state index in [1.165, 1.54) is 0 Å². The van der Waals surface area contributed by atoms with Crippen LogP contribution in [0, 0.1) is 5.92 Å². The van der Waals surface area contributed by atoms with Gasteiger partial charge >= 0.3 is 0 Å². The number of ketones is 1. The quantitative estimate of drug-likeness (QED) is 0.628. The molecule has 14 heavy (non-hydrogen) atoms. The summed E-state index contributed by atoms with van der Waals surface area (Å²) in [5.41, 5.74) is 0. The summed E-state index contributed by atoms with van der Waals surface area (Å²) in [7, 11) is 0. The van der Waals surface area contributed by atoms with Crippen molar-refractivity contribution in [3.63, 3.8) is 0 Å². The van der Waals surface area contributed by atoms with Gasteiger partial charge in [0.1, 0.15) is 5.78 Å². The Morgan fingerprint density at radius 3 is 2.29 bits per heavy atom. The van der Waals surface area contributed by atoms with Crippen LogP contribution < -0.4 is 0 Å². The number of rotatable bonds is 5. The molecule has 1 aliphatic rings. The van der Waals surface area contributed by atoms with Gasteiger partial charge in [0.15, 0.2) is 0 Å². The molecular weight excluding hydrogens is 178 g/mol. The highest BCUT2D eigenvalue weighted by atomic mass is 16.2. The van der Waals surface area contributed by atoms with Crippen LogP contribution in [0.4, 0.5) is 0 Å². The third kappa shape index (κ3) is 3.48. The second kappa shape index (κ2) is 5.13. The summed E-state index contributed by atoms with van der Waals surface area (Å²) in [6.45, 7) is 5.59. The number of nitrogens with zero attached hydrogens (tertiary/aromatic N) is 1. The topological polar surface area (TPSA) is 37.4 Å². The highest BCUT2D eigenvalue weighted by molar-refractivity contribution is 5.77. The van der Waals surface area contributed by atoms with Crippen molar-refractivity contribution in [3.05, 3.63) is 0 Å². The molecule has 1 fully saturated rings. The van der Waals surface area contributed by atoms with Crippen molar-refractivity contribution in [1.82, 2.24) is 4.90 Å². The predicted octanol–water partition coefficient (Wildman–Crippen LogP) is 1.61. The number of carbonyl (C=O) groups is 2. The first-order chi connectivity index (χ1) is 6.59. The van der Waals surface area contributed by atoms with Crippen molar-refractivity contribution in [1.29, 1.82) is 0 Å². The fourth-order valence-corrected chi connectivity index (χ4v) is 1.71. The van der Waals surface area contributed by atoms with Gasteiger partial charge in [-0.05, 0) is 25.7 Å². The van der Waals surface area contributed by atoms with Crippen LogP contribution in [0.15, 0.2) is 0 Å². The predicted molar refractivity (Wildman–Crippen MR) is 54.9 cm³/mol. The second-order valence-corrected chi connectivity index (χ2v) is 4.31. The maximum Gasteiger partial charge on any atom is 0.222 e. The molecule has 0 aromatic heterocycles. The summed E-state index contributed by atoms with van der Waals surface area (Å²) < 4.78 is 0. The lowest BCUT2D eigenvalue weighted by atomic mass is 10.0. The van der Waals surface area contributed by atoms with Gasteiger partial charge in [0.25, 0.3) is 0 Å². The molecule has 1 saturated heterocycles. The average Bonchev–Trinajstić information content (AvgIpc) is 2.06. The summed E-state index contributed by atoms with van der Waals surface area (Å²) in [6.07, 6.45) is 2.93. The van der Waals surface area contributed by atoms with E-state index in [0.29, 0.717) is 18.8 Å². The summed E-state index contributed by atoms with van der Waals surface area (Å²) in [5.74, 6) is 1.15. The minimum atomic E-state index is 0.218. The number of unbranched alkanes of at least 4 members (excludes halogenated alkanes) is 1. The van der Waals surface area contributed by atoms with E-state index in [-0.39, 0.29) is 11.7 Å². The molecule has 1 aliphatic heterocycles. The van der Waals surface area contributed by atoms with Crippen LogP contribution in [0.3, 0.4) is 0 Å². The molecule has 0 N–H and O–H groups in total. The van der Waals surface area contributed by atoms with Crippen molar-refractivity contribution >= 4 is 11.7 Å². The maximum absolute atomic E-state index is 11.5. The summed E-state index contributed by atoms with van der Waals surface area (Å²) >= 11 is 0. The molecule has 0 spiro atoms. The maximum atomic E-state index is 11.5. The lowest BCUT2D eigenvalue weighted by Gasteiger charge is -2.37. The molecule has 0 atom stereocenters. The zero-order chi connectivity index (χ0) is 10.6. The van der Waals surface area contributed by atoms with Gasteiger partial charge in [-0.1, -0.05) is 6.92 Å². The largest absolute Gasteiger partial charge is 0.342 e. The minimum Gasteiger partial charge on any atom is -0.342 e. The SMILES string of the molecule is CC(=O)CCCCC(=O)N1CC(C)C1. The van der Waals surface area contributed by atoms with Gasteiger partial charge in [0, 0.05) is 25.9 Å². The Bertz CT molecular complexity index is 219. The number of likely N-dealkylation sites (tertiary alicyclic amines) is 1. The van der Waals surface area contributed by atoms with Gasteiger partial charge in [0.2, 0.25) is 5.91 Å². The number of amides is 1. The number of hydrogen-bond acceptors (Lipinski definition) is 2. The molecule has 1 rings (SSSR count). The molecular formula is C11H19NO2. The van der Waals surface area contributed by atoms with Crippen LogP contribution in [0.2, 0.25) is 0 Å². The number of carbonyl (C=O) groups excluding carboxylic acids is 2. The Morgan fingerprint density at radius 1 is 1.21 bits per heavy atom. The summed E-state index contributed by atoms with van der Waals surface area (Å²) in [4.78, 5) is 24.0. The number of hydrogen-bond donors (Lipinski definition) is 0. The molecule has 1 heterocycles. The molecule has 0 radical (unpaired) electrons. The summed E-state index contributed by atoms with van der Waals surface area (Å²) in [6, 6.07) is 0. The van der Waals surface area contributed by atoms with Crippen LogP contribution in [-0.4, -0.2) is 29.7 Å². The number of Topliss-reactive ketones (excluding diaryl/α,β-unsaturated/α-hetero) is 1. The van der Waals surface area contributed by atoms with Gasteiger partial charge in [-0.25, -0.2) is 0 Å². The van der Waals surface area contributed by atoms with Gasteiger partial charge in [-0.3, -0.25) is 4.79 Å². The van der Waals surface area contributed by atoms with Crippen LogP contribution in [0.5, 0.6) is 0 Å². The smallest absolute Gasteiger partial charge is 0.222 e. The highest BCUT2D eigenvalue weighted by Gasteiger charge is 2.26. The Labute approximate surface area is 85.5 Å². The molecule has 0 aromatic rings. The van der Waals surface area contributed by atoms with E-state index < -0.39 is 0 Å². The van der Waals surface area contributed by atoms with E-state index in [2.05, 4.69) is 6.92 Å². The standard InChI is InChI=1S/C11H19NO2/c1-9-7-12(8-9)11(14)6-4-3-5-10(2)13/h9H,3-8H2,1-2H3. The molecule has 0 unspecified atom stereocenters. The molecule has 80 valence electrons. The van der Waals surface area contributed by atoms with Crippen molar-refractivity contribution < 1.29 is 9.59 Å². The monoisotopic (exact) mass is 197 g/mol. The van der Waals surface area contributed by atoms with E-state index in [1.807, 2.05) is 4.90 Å². The normalized spacial score (nSPS) is 16.6. The van der Waals surface area contributed by atoms with E-state index in [4.69, 9.17) is 0 Å². The van der Waals surface area contributed by atoms with Crippen molar-refractivity contribution in [2.75, 3.05) is 13.1 Å². The van der Waals surface area contributed by atoms with Crippen molar-refractivity contribution in [3.8, 4) is 0 Å². The first-order valence-electron chi connectivity index (χ1n) is 5.37. The van der Waals surface area contributed by atoms with Crippen LogP contribution >= 0.6 is 0 Å². The van der Waals surface area contributed by atoms with E-state index >= 15 is 0 Å². The fourth-order valence-electron chi connectivity index (χ4n) is 1.71. The highest BCUT2D eigenvalue weighted by Crippen LogP contribution is 2.16. The molecule has 0 aliphatic carbocycles. The fraction of sp³-hybridized carbons (Fsp3) is 0.818. The van der Waals surface area contributed by atoms with Gasteiger partial charge < -0.3 is 9.69 Å². The van der Waals surface area contributed by atoms with Gasteiger partial charge in [-0.15, -0.1) is 0 Å². The Kier molecular flexibility index (Phi) is 4.11. The van der Waals surface area contributed by atoms with Gasteiger partial charge in [0.05, 0.1) is 0 Å². The zero-order valence-corrected chi connectivity index (χ0v) is 9.08. The zero-order valence-electron chi connectivity index (χ0n) is 9.08. The molecule has 3 nitrogen and oxygen atoms in total. The Balaban J connectivity index is 2.01. The minimum absolute atomic E-state index is 0.218. The molecule has 0 saturated carbocycles. The Hall–Kier alpha value is -0.860. The van der Waals surface area contributed by atoms with E-state index in [1.54, 1.807) is 6.92 Å². The van der Waals surface area contributed by atoms with Crippen LogP contribution in [-0.2, 0) is 9.59 Å². The molecule has 0 aromatic carbocycles. The first-order valence-corrected chi connectivity index (χ1v) is 5.37. The van der Waals surface area contributed by atoms with Crippen molar-refractivity contribution in [2.45, 2.75) is 39.5 Å². The average molecular weight is 197 g/mol. The van der Waals surface area contributed by atoms with Gasteiger partial charge in [-0.2, -0.15) is 0 Å². The molecule has 0 bridgehead atoms. The summed E-state index contributed by atoms with van der Waals surface area (Å²) in [5, 5.41) is 0. The van der Waals surface area contributed by atoms with Crippen LogP contribution in [0.25, 0.3) is 0 Å². The first kappa shape index (κ1) is 11.2. The Morgan fingerprint density at radius 2 is 1.79 bits per heavy atom. The molecule has 1 amide bonds. The van der Waals surface area contributed by atoms with E-state index in [0.717, 1.165) is 25.9 Å². The lowest BCUT2D eigenvalue weighted by Crippen LogP contribution is -2.48. The third-order valence-corrected chi connectivity index (χ3v) is 2.59. The van der Waals surface area contributed by atoms with E-state index in [9.17, 15) is 9.59 Å². The third-order valence-electron chi connectivity index (χ3n) is 2.59.